The highest BCUT2D eigenvalue weighted by atomic mass is 16.2. The van der Waals surface area contributed by atoms with E-state index >= 15 is 0 Å². The molecule has 2 aromatic rings. The predicted molar refractivity (Wildman–Crippen MR) is 80.6 cm³/mol. The summed E-state index contributed by atoms with van der Waals surface area (Å²) in [6, 6.07) is 11.0. The summed E-state index contributed by atoms with van der Waals surface area (Å²) < 4.78 is 0. The number of amides is 1. The van der Waals surface area contributed by atoms with Gasteiger partial charge >= 0.3 is 0 Å². The molecule has 0 atom stereocenters. The summed E-state index contributed by atoms with van der Waals surface area (Å²) in [5, 5.41) is 11.5. The van der Waals surface area contributed by atoms with Gasteiger partial charge in [-0.2, -0.15) is 0 Å². The van der Waals surface area contributed by atoms with E-state index in [0.717, 1.165) is 16.8 Å². The minimum atomic E-state index is -0.164. The molecule has 0 saturated carbocycles. The molecule has 2 N–H and O–H groups in total. The fourth-order valence-electron chi connectivity index (χ4n) is 1.87. The molecule has 106 valence electrons. The molecular weight excluding hydrogens is 264 g/mol. The lowest BCUT2D eigenvalue weighted by molar-refractivity contribution is 0.0950. The van der Waals surface area contributed by atoms with Crippen LogP contribution in [0.4, 0.5) is 0 Å². The lowest BCUT2D eigenvalue weighted by atomic mass is 10.1. The molecule has 0 saturated heterocycles. The maximum Gasteiger partial charge on any atom is 0.251 e. The highest BCUT2D eigenvalue weighted by Crippen LogP contribution is 2.05. The third-order valence-corrected chi connectivity index (χ3v) is 2.85. The zero-order valence-electron chi connectivity index (χ0n) is 11.8. The van der Waals surface area contributed by atoms with Gasteiger partial charge in [0.2, 0.25) is 0 Å². The number of hydrogen-bond acceptors (Lipinski definition) is 3. The van der Waals surface area contributed by atoms with Crippen molar-refractivity contribution in [1.29, 1.82) is 0 Å². The summed E-state index contributed by atoms with van der Waals surface area (Å²) in [6.45, 7) is 2.11. The van der Waals surface area contributed by atoms with Crippen molar-refractivity contribution in [3.63, 3.8) is 0 Å². The molecular formula is C17H16N2O2. The van der Waals surface area contributed by atoms with E-state index in [0.29, 0.717) is 12.1 Å². The van der Waals surface area contributed by atoms with Crippen molar-refractivity contribution in [2.75, 3.05) is 6.61 Å². The van der Waals surface area contributed by atoms with Crippen LogP contribution < -0.4 is 5.32 Å². The van der Waals surface area contributed by atoms with Gasteiger partial charge in [0.05, 0.1) is 0 Å². The molecule has 21 heavy (non-hydrogen) atoms. The predicted octanol–water partition coefficient (Wildman–Crippen LogP) is 1.66. The molecule has 0 aliphatic carbocycles. The summed E-state index contributed by atoms with van der Waals surface area (Å²) in [5.74, 6) is 5.31. The maximum atomic E-state index is 12.0. The summed E-state index contributed by atoms with van der Waals surface area (Å²) in [7, 11) is 0. The van der Waals surface area contributed by atoms with Crippen LogP contribution in [-0.2, 0) is 6.54 Å². The summed E-state index contributed by atoms with van der Waals surface area (Å²) in [6.07, 6.45) is 1.62. The molecule has 0 spiro atoms. The van der Waals surface area contributed by atoms with Gasteiger partial charge in [0.25, 0.3) is 5.91 Å². The van der Waals surface area contributed by atoms with Crippen LogP contribution in [0.3, 0.4) is 0 Å². The summed E-state index contributed by atoms with van der Waals surface area (Å²) in [5.41, 5.74) is 3.18. The van der Waals surface area contributed by atoms with Gasteiger partial charge in [-0.05, 0) is 36.8 Å². The summed E-state index contributed by atoms with van der Waals surface area (Å²) in [4.78, 5) is 16.1. The Bertz CT molecular complexity index is 699. The molecule has 0 bridgehead atoms. The van der Waals surface area contributed by atoms with Gasteiger partial charge in [-0.3, -0.25) is 9.78 Å². The van der Waals surface area contributed by atoms with Crippen LogP contribution in [-0.4, -0.2) is 22.6 Å². The van der Waals surface area contributed by atoms with Crippen molar-refractivity contribution in [3.8, 4) is 11.8 Å². The molecule has 0 unspecified atom stereocenters. The van der Waals surface area contributed by atoms with Crippen molar-refractivity contribution in [3.05, 3.63) is 65.0 Å². The van der Waals surface area contributed by atoms with E-state index in [1.165, 1.54) is 0 Å². The first-order valence-corrected chi connectivity index (χ1v) is 6.58. The lowest BCUT2D eigenvalue weighted by Gasteiger charge is -2.06. The normalized spacial score (nSPS) is 9.62. The van der Waals surface area contributed by atoms with E-state index in [2.05, 4.69) is 22.1 Å². The molecule has 4 nitrogen and oxygen atoms in total. The quantitative estimate of drug-likeness (QED) is 0.841. The van der Waals surface area contributed by atoms with Crippen LogP contribution in [0.2, 0.25) is 0 Å². The Morgan fingerprint density at radius 1 is 1.33 bits per heavy atom. The average Bonchev–Trinajstić information content (AvgIpc) is 2.51. The Morgan fingerprint density at radius 3 is 2.95 bits per heavy atom. The van der Waals surface area contributed by atoms with Crippen molar-refractivity contribution >= 4 is 5.91 Å². The van der Waals surface area contributed by atoms with Crippen LogP contribution in [0, 0.1) is 18.8 Å². The van der Waals surface area contributed by atoms with E-state index in [1.807, 2.05) is 31.2 Å². The standard InChI is InChI=1S/C17H16N2O2/c1-13-10-16(7-8-18-13)17(21)19-12-15-5-2-4-14(11-15)6-3-9-20/h2,4-5,7-8,10-11,20H,9,12H2,1H3,(H,19,21). The Labute approximate surface area is 123 Å². The number of aliphatic hydroxyl groups excluding tert-OH is 1. The molecule has 2 rings (SSSR count). The Balaban J connectivity index is 2.01. The third kappa shape index (κ3) is 4.44. The minimum Gasteiger partial charge on any atom is -0.384 e. The van der Waals surface area contributed by atoms with Crippen molar-refractivity contribution < 1.29 is 9.90 Å². The molecule has 0 radical (unpaired) electrons. The van der Waals surface area contributed by atoms with Crippen LogP contribution in [0.15, 0.2) is 42.6 Å². The third-order valence-electron chi connectivity index (χ3n) is 2.85. The average molecular weight is 280 g/mol. The van der Waals surface area contributed by atoms with Gasteiger partial charge in [-0.15, -0.1) is 0 Å². The van der Waals surface area contributed by atoms with Crippen LogP contribution in [0.1, 0.15) is 27.2 Å². The fraction of sp³-hybridized carbons (Fsp3) is 0.176. The van der Waals surface area contributed by atoms with Crippen LogP contribution >= 0.6 is 0 Å². The number of nitrogens with zero attached hydrogens (tertiary/aromatic N) is 1. The number of aromatic nitrogens is 1. The number of rotatable bonds is 3. The Morgan fingerprint density at radius 2 is 2.19 bits per heavy atom. The second kappa shape index (κ2) is 7.22. The Kier molecular flexibility index (Phi) is 5.08. The molecule has 1 heterocycles. The molecule has 0 fully saturated rings. The van der Waals surface area contributed by atoms with Gasteiger partial charge in [-0.1, -0.05) is 24.0 Å². The van der Waals surface area contributed by atoms with Gasteiger partial charge < -0.3 is 10.4 Å². The molecule has 4 heteroatoms. The fourth-order valence-corrected chi connectivity index (χ4v) is 1.87. The zero-order valence-corrected chi connectivity index (χ0v) is 11.8. The molecule has 0 aliphatic rings. The number of pyridine rings is 1. The van der Waals surface area contributed by atoms with Gasteiger partial charge in [0.15, 0.2) is 0 Å². The first kappa shape index (κ1) is 14.8. The van der Waals surface area contributed by atoms with Gasteiger partial charge in [0.1, 0.15) is 6.61 Å². The number of nitrogens with one attached hydrogen (secondary N) is 1. The largest absolute Gasteiger partial charge is 0.384 e. The van der Waals surface area contributed by atoms with Crippen molar-refractivity contribution in [1.82, 2.24) is 10.3 Å². The number of benzene rings is 1. The maximum absolute atomic E-state index is 12.0. The van der Waals surface area contributed by atoms with Crippen molar-refractivity contribution in [2.45, 2.75) is 13.5 Å². The highest BCUT2D eigenvalue weighted by Gasteiger charge is 2.05. The van der Waals surface area contributed by atoms with Gasteiger partial charge in [0, 0.05) is 29.6 Å². The minimum absolute atomic E-state index is 0.132. The zero-order chi connectivity index (χ0) is 15.1. The molecule has 1 amide bonds. The van der Waals surface area contributed by atoms with Gasteiger partial charge in [-0.25, -0.2) is 0 Å². The number of aliphatic hydroxyl groups is 1. The summed E-state index contributed by atoms with van der Waals surface area (Å²) >= 11 is 0. The van der Waals surface area contributed by atoms with E-state index in [9.17, 15) is 4.79 Å². The molecule has 1 aromatic carbocycles. The first-order chi connectivity index (χ1) is 10.2. The van der Waals surface area contributed by atoms with E-state index < -0.39 is 0 Å². The highest BCUT2D eigenvalue weighted by molar-refractivity contribution is 5.94. The number of aryl methyl sites for hydroxylation is 1. The topological polar surface area (TPSA) is 62.2 Å². The monoisotopic (exact) mass is 280 g/mol. The molecule has 0 aliphatic heterocycles. The smallest absolute Gasteiger partial charge is 0.251 e. The second-order valence-corrected chi connectivity index (χ2v) is 4.53. The molecule has 1 aromatic heterocycles. The van der Waals surface area contributed by atoms with E-state index in [-0.39, 0.29) is 12.5 Å². The van der Waals surface area contributed by atoms with Crippen LogP contribution in [0.25, 0.3) is 0 Å². The Hall–Kier alpha value is -2.64. The number of carbonyl (C=O) groups is 1. The SMILES string of the molecule is Cc1cc(C(=O)NCc2cccc(C#CCO)c2)ccn1. The van der Waals surface area contributed by atoms with Crippen LogP contribution in [0.5, 0.6) is 0 Å². The number of hydrogen-bond donors (Lipinski definition) is 2. The first-order valence-electron chi connectivity index (χ1n) is 6.58. The van der Waals surface area contributed by atoms with E-state index in [1.54, 1.807) is 18.3 Å². The second-order valence-electron chi connectivity index (χ2n) is 4.53. The lowest BCUT2D eigenvalue weighted by Crippen LogP contribution is -2.22. The number of carbonyl (C=O) groups excluding carboxylic acids is 1. The van der Waals surface area contributed by atoms with E-state index in [4.69, 9.17) is 5.11 Å². The van der Waals surface area contributed by atoms with Crippen molar-refractivity contribution in [2.24, 2.45) is 0 Å².